The summed E-state index contributed by atoms with van der Waals surface area (Å²) in [6.45, 7) is 9.12. The number of fused-ring (bicyclic) bond motifs is 5. The monoisotopic (exact) mass is 483 g/mol. The van der Waals surface area contributed by atoms with Gasteiger partial charge in [0.05, 0.1) is 30.1 Å². The van der Waals surface area contributed by atoms with Crippen molar-refractivity contribution >= 4 is 0 Å². The summed E-state index contributed by atoms with van der Waals surface area (Å²) in [6, 6.07) is 1.89. The van der Waals surface area contributed by atoms with E-state index in [1.165, 1.54) is 45.2 Å². The van der Waals surface area contributed by atoms with Crippen molar-refractivity contribution in [3.05, 3.63) is 24.0 Å². The zero-order valence-corrected chi connectivity index (χ0v) is 21.8. The molecule has 0 bridgehead atoms. The number of aliphatic hydroxyl groups is 2. The van der Waals surface area contributed by atoms with E-state index in [2.05, 4.69) is 28.9 Å². The number of aromatic nitrogens is 2. The molecule has 0 amide bonds. The van der Waals surface area contributed by atoms with E-state index in [0.29, 0.717) is 30.8 Å². The van der Waals surface area contributed by atoms with Crippen LogP contribution in [0.2, 0.25) is 0 Å². The molecule has 6 rings (SSSR count). The molecule has 4 aliphatic carbocycles. The van der Waals surface area contributed by atoms with E-state index < -0.39 is 16.6 Å². The molecule has 5 aliphatic rings. The summed E-state index contributed by atoms with van der Waals surface area (Å²) >= 11 is 0. The van der Waals surface area contributed by atoms with Crippen LogP contribution >= 0.6 is 0 Å². The van der Waals surface area contributed by atoms with E-state index in [0.717, 1.165) is 44.4 Å². The summed E-state index contributed by atoms with van der Waals surface area (Å²) in [6.07, 6.45) is 15.5. The van der Waals surface area contributed by atoms with Crippen molar-refractivity contribution in [2.45, 2.75) is 102 Å². The smallest absolute Gasteiger partial charge is 0.0994 e. The van der Waals surface area contributed by atoms with Crippen LogP contribution in [0.3, 0.4) is 0 Å². The average molecular weight is 484 g/mol. The first-order valence-electron chi connectivity index (χ1n) is 14.4. The first-order chi connectivity index (χ1) is 16.8. The van der Waals surface area contributed by atoms with E-state index in [4.69, 9.17) is 4.74 Å². The van der Waals surface area contributed by atoms with Gasteiger partial charge in [0, 0.05) is 23.7 Å². The summed E-state index contributed by atoms with van der Waals surface area (Å²) in [7, 11) is 0. The van der Waals surface area contributed by atoms with Gasteiger partial charge in [0.1, 0.15) is 0 Å². The maximum atomic E-state index is 12.4. The predicted molar refractivity (Wildman–Crippen MR) is 135 cm³/mol. The number of hydrogen-bond acceptors (Lipinski definition) is 6. The molecule has 3 unspecified atom stereocenters. The molecular formula is C29H45N3O3. The fourth-order valence-corrected chi connectivity index (χ4v) is 9.71. The van der Waals surface area contributed by atoms with Gasteiger partial charge in [-0.1, -0.05) is 13.8 Å². The van der Waals surface area contributed by atoms with Crippen molar-refractivity contribution in [1.82, 2.24) is 15.1 Å². The van der Waals surface area contributed by atoms with E-state index in [9.17, 15) is 10.2 Å². The van der Waals surface area contributed by atoms with Gasteiger partial charge in [0.15, 0.2) is 0 Å². The summed E-state index contributed by atoms with van der Waals surface area (Å²) in [4.78, 5) is 2.54. The predicted octanol–water partition coefficient (Wildman–Crippen LogP) is 4.30. The minimum absolute atomic E-state index is 0.263. The van der Waals surface area contributed by atoms with Crippen molar-refractivity contribution < 1.29 is 14.9 Å². The third-order valence-corrected chi connectivity index (χ3v) is 12.0. The molecule has 1 aliphatic heterocycles. The van der Waals surface area contributed by atoms with Crippen LogP contribution in [0.15, 0.2) is 18.5 Å². The van der Waals surface area contributed by atoms with Gasteiger partial charge >= 0.3 is 0 Å². The van der Waals surface area contributed by atoms with Gasteiger partial charge in [-0.2, -0.15) is 10.2 Å². The van der Waals surface area contributed by atoms with Gasteiger partial charge in [-0.15, -0.1) is 0 Å². The molecule has 6 nitrogen and oxygen atoms in total. The Morgan fingerprint density at radius 1 is 0.971 bits per heavy atom. The molecule has 0 radical (unpaired) electrons. The normalized spacial score (nSPS) is 47.8. The van der Waals surface area contributed by atoms with Gasteiger partial charge in [-0.3, -0.25) is 0 Å². The summed E-state index contributed by atoms with van der Waals surface area (Å²) in [5.41, 5.74) is -1.33. The lowest BCUT2D eigenvalue weighted by atomic mass is 9.43. The quantitative estimate of drug-likeness (QED) is 0.650. The van der Waals surface area contributed by atoms with Crippen molar-refractivity contribution in [2.24, 2.45) is 28.6 Å². The molecule has 1 aromatic heterocycles. The largest absolute Gasteiger partial charge is 0.389 e. The van der Waals surface area contributed by atoms with Crippen molar-refractivity contribution in [3.63, 3.8) is 0 Å². The van der Waals surface area contributed by atoms with Crippen LogP contribution in [-0.4, -0.2) is 63.3 Å². The number of nitrogens with zero attached hydrogens (tertiary/aromatic N) is 3. The third kappa shape index (κ3) is 3.57. The van der Waals surface area contributed by atoms with E-state index >= 15 is 0 Å². The van der Waals surface area contributed by atoms with E-state index in [-0.39, 0.29) is 11.3 Å². The Bertz CT molecular complexity index is 910. The van der Waals surface area contributed by atoms with Gasteiger partial charge in [0.25, 0.3) is 0 Å². The van der Waals surface area contributed by atoms with Crippen LogP contribution in [0, 0.1) is 28.6 Å². The number of rotatable bonds is 5. The molecule has 1 saturated heterocycles. The van der Waals surface area contributed by atoms with Crippen LogP contribution in [0.5, 0.6) is 0 Å². The molecule has 2 heterocycles. The number of likely N-dealkylation sites (tertiary alicyclic amines) is 1. The molecule has 1 aromatic rings. The maximum Gasteiger partial charge on any atom is 0.0994 e. The molecule has 8 atom stereocenters. The molecule has 4 saturated carbocycles. The first kappa shape index (κ1) is 24.3. The topological polar surface area (TPSA) is 78.7 Å². The van der Waals surface area contributed by atoms with Gasteiger partial charge in [-0.05, 0) is 113 Å². The highest BCUT2D eigenvalue weighted by molar-refractivity contribution is 5.30. The SMILES string of the molecule is C[C@]12CCC(OCCN3CCCC3)CC1CC[C@@H]1[C@H]2CC[C@]2(C)C(O)(c3ccnnc3)CC[C@@]12O. The molecule has 194 valence electrons. The Kier molecular flexibility index (Phi) is 6.07. The Morgan fingerprint density at radius 2 is 1.80 bits per heavy atom. The molecule has 0 spiro atoms. The fourth-order valence-electron chi connectivity index (χ4n) is 9.71. The van der Waals surface area contributed by atoms with Crippen molar-refractivity contribution in [2.75, 3.05) is 26.2 Å². The van der Waals surface area contributed by atoms with Gasteiger partial charge < -0.3 is 19.8 Å². The fraction of sp³-hybridized carbons (Fsp3) is 0.862. The Balaban J connectivity index is 1.16. The minimum atomic E-state index is -1.04. The lowest BCUT2D eigenvalue weighted by Gasteiger charge is -2.64. The molecule has 6 heteroatoms. The van der Waals surface area contributed by atoms with Crippen LogP contribution in [0.4, 0.5) is 0 Å². The van der Waals surface area contributed by atoms with Crippen LogP contribution in [0.1, 0.15) is 90.0 Å². The Morgan fingerprint density at radius 3 is 2.57 bits per heavy atom. The lowest BCUT2D eigenvalue weighted by molar-refractivity contribution is -0.239. The van der Waals surface area contributed by atoms with Crippen molar-refractivity contribution in [1.29, 1.82) is 0 Å². The molecular weight excluding hydrogens is 438 g/mol. The molecule has 35 heavy (non-hydrogen) atoms. The van der Waals surface area contributed by atoms with Crippen LogP contribution < -0.4 is 0 Å². The molecule has 2 N–H and O–H groups in total. The summed E-state index contributed by atoms with van der Waals surface area (Å²) in [5.74, 6) is 1.48. The number of hydrogen-bond donors (Lipinski definition) is 2. The van der Waals surface area contributed by atoms with Gasteiger partial charge in [-0.25, -0.2) is 0 Å². The molecule has 5 fully saturated rings. The third-order valence-electron chi connectivity index (χ3n) is 12.0. The maximum absolute atomic E-state index is 12.4. The van der Waals surface area contributed by atoms with Gasteiger partial charge in [0.2, 0.25) is 0 Å². The highest BCUT2D eigenvalue weighted by Crippen LogP contribution is 2.71. The first-order valence-corrected chi connectivity index (χ1v) is 14.4. The zero-order valence-electron chi connectivity index (χ0n) is 21.8. The Hall–Kier alpha value is -1.08. The Labute approximate surface area is 210 Å². The summed E-state index contributed by atoms with van der Waals surface area (Å²) in [5, 5.41) is 32.4. The second kappa shape index (κ2) is 8.75. The van der Waals surface area contributed by atoms with Crippen LogP contribution in [-0.2, 0) is 10.3 Å². The van der Waals surface area contributed by atoms with E-state index in [1.807, 2.05) is 6.07 Å². The van der Waals surface area contributed by atoms with Crippen molar-refractivity contribution in [3.8, 4) is 0 Å². The molecule has 0 aromatic carbocycles. The zero-order chi connectivity index (χ0) is 24.3. The highest BCUT2D eigenvalue weighted by atomic mass is 16.5. The van der Waals surface area contributed by atoms with E-state index in [1.54, 1.807) is 12.4 Å². The standard InChI is InChI=1S/C29H45N3O3/c1-26-10-7-23(35-18-17-32-15-3-4-16-32)19-21(26)5-6-25-24(26)8-11-27(2)28(33,12-13-29(25,27)34)22-9-14-30-31-20-22/h9,14,20-21,23-25,33-34H,3-8,10-13,15-19H2,1-2H3/t21?,23?,24-,25-,26+,27-,28?,29-/m1/s1. The average Bonchev–Trinajstić information content (AvgIpc) is 3.46. The highest BCUT2D eigenvalue weighted by Gasteiger charge is 2.72. The second-order valence-corrected chi connectivity index (χ2v) is 13.1. The van der Waals surface area contributed by atoms with Crippen LogP contribution in [0.25, 0.3) is 0 Å². The lowest BCUT2D eigenvalue weighted by Crippen LogP contribution is -2.64. The number of ether oxygens (including phenoxy) is 1. The second-order valence-electron chi connectivity index (χ2n) is 13.1. The summed E-state index contributed by atoms with van der Waals surface area (Å²) < 4.78 is 6.42. The minimum Gasteiger partial charge on any atom is -0.389 e.